The summed E-state index contributed by atoms with van der Waals surface area (Å²) in [6, 6.07) is 3.27. The molecule has 0 bridgehead atoms. The van der Waals surface area contributed by atoms with Gasteiger partial charge in [0, 0.05) is 0 Å². The number of carbonyl (C=O) groups is 1. The predicted octanol–water partition coefficient (Wildman–Crippen LogP) is 2.52. The molecule has 0 fully saturated rings. The number of Topliss-reactive ketones (excluding diaryl/α,β-unsaturated/α-hetero) is 1. The van der Waals surface area contributed by atoms with Crippen LogP contribution in [0.5, 0.6) is 0 Å². The zero-order valence-electron chi connectivity index (χ0n) is 8.44. The van der Waals surface area contributed by atoms with Crippen molar-refractivity contribution >= 4 is 22.9 Å². The summed E-state index contributed by atoms with van der Waals surface area (Å²) in [6.07, 6.45) is 3.14. The molecular weight excluding hydrogens is 212 g/mol. The van der Waals surface area contributed by atoms with Gasteiger partial charge in [-0.05, 0) is 32.1 Å². The van der Waals surface area contributed by atoms with E-state index in [1.807, 2.05) is 0 Å². The van der Waals surface area contributed by atoms with Crippen molar-refractivity contribution in [3.63, 3.8) is 0 Å². The van der Waals surface area contributed by atoms with Crippen molar-refractivity contribution in [2.45, 2.75) is 19.4 Å². The Labute approximate surface area is 92.7 Å². The molecule has 4 heteroatoms. The lowest BCUT2D eigenvalue weighted by Crippen LogP contribution is -2.40. The van der Waals surface area contributed by atoms with Gasteiger partial charge in [0.05, 0.1) is 16.9 Å². The maximum atomic E-state index is 12.0. The fourth-order valence-corrected chi connectivity index (χ4v) is 1.83. The SMILES string of the molecule is CC1=CC(=S)C(C)(C(=O)c2ccco2)O1. The third kappa shape index (κ3) is 1.51. The Morgan fingerprint density at radius 3 is 2.73 bits per heavy atom. The highest BCUT2D eigenvalue weighted by Gasteiger charge is 2.44. The standard InChI is InChI=1S/C11H10O3S/c1-7-6-9(15)11(2,14-7)10(12)8-4-3-5-13-8/h3-6H,1-2H3. The summed E-state index contributed by atoms with van der Waals surface area (Å²) in [4.78, 5) is 12.5. The van der Waals surface area contributed by atoms with E-state index >= 15 is 0 Å². The zero-order valence-corrected chi connectivity index (χ0v) is 9.26. The molecule has 0 saturated carbocycles. The van der Waals surface area contributed by atoms with Crippen LogP contribution >= 0.6 is 12.2 Å². The molecule has 1 aromatic heterocycles. The molecule has 3 nitrogen and oxygen atoms in total. The number of furan rings is 1. The van der Waals surface area contributed by atoms with Crippen molar-refractivity contribution in [1.82, 2.24) is 0 Å². The second-order valence-electron chi connectivity index (χ2n) is 3.56. The van der Waals surface area contributed by atoms with Crippen molar-refractivity contribution in [2.75, 3.05) is 0 Å². The van der Waals surface area contributed by atoms with Crippen LogP contribution in [0, 0.1) is 0 Å². The predicted molar refractivity (Wildman–Crippen MR) is 58.9 cm³/mol. The molecule has 78 valence electrons. The second-order valence-corrected chi connectivity index (χ2v) is 4.00. The minimum atomic E-state index is -1.09. The van der Waals surface area contributed by atoms with Crippen molar-refractivity contribution in [3.8, 4) is 0 Å². The largest absolute Gasteiger partial charge is 0.478 e. The van der Waals surface area contributed by atoms with Gasteiger partial charge >= 0.3 is 0 Å². The first-order valence-electron chi connectivity index (χ1n) is 4.54. The number of hydrogen-bond donors (Lipinski definition) is 0. The van der Waals surface area contributed by atoms with Gasteiger partial charge in [0.2, 0.25) is 11.4 Å². The van der Waals surface area contributed by atoms with E-state index in [9.17, 15) is 4.79 Å². The Kier molecular flexibility index (Phi) is 2.23. The van der Waals surface area contributed by atoms with E-state index in [0.29, 0.717) is 10.6 Å². The van der Waals surface area contributed by atoms with Crippen LogP contribution in [0.25, 0.3) is 0 Å². The summed E-state index contributed by atoms with van der Waals surface area (Å²) in [5, 5.41) is 0. The molecule has 0 aromatic carbocycles. The number of rotatable bonds is 2. The minimum absolute atomic E-state index is 0.245. The number of ether oxygens (including phenoxy) is 1. The number of thiocarbonyl (C=S) groups is 1. The fourth-order valence-electron chi connectivity index (χ4n) is 1.53. The van der Waals surface area contributed by atoms with Crippen LogP contribution in [0.4, 0.5) is 0 Å². The van der Waals surface area contributed by atoms with Crippen molar-refractivity contribution in [3.05, 3.63) is 36.0 Å². The topological polar surface area (TPSA) is 39.4 Å². The number of ketones is 1. The van der Waals surface area contributed by atoms with Gasteiger partial charge < -0.3 is 9.15 Å². The van der Waals surface area contributed by atoms with Crippen LogP contribution in [0.2, 0.25) is 0 Å². The first kappa shape index (κ1) is 10.1. The lowest BCUT2D eigenvalue weighted by atomic mass is 9.96. The molecule has 0 aliphatic carbocycles. The highest BCUT2D eigenvalue weighted by atomic mass is 32.1. The second kappa shape index (κ2) is 3.31. The Bertz CT molecular complexity index is 444. The average Bonchev–Trinajstić information content (AvgIpc) is 2.75. The van der Waals surface area contributed by atoms with E-state index in [1.165, 1.54) is 6.26 Å². The van der Waals surface area contributed by atoms with Gasteiger partial charge in [-0.3, -0.25) is 4.79 Å². The van der Waals surface area contributed by atoms with Crippen LogP contribution in [-0.4, -0.2) is 16.2 Å². The molecule has 2 rings (SSSR count). The quantitative estimate of drug-likeness (QED) is 0.569. The van der Waals surface area contributed by atoms with Gasteiger partial charge in [0.15, 0.2) is 5.76 Å². The number of allylic oxidation sites excluding steroid dienone is 1. The van der Waals surface area contributed by atoms with Gasteiger partial charge in [-0.25, -0.2) is 0 Å². The maximum absolute atomic E-state index is 12.0. The van der Waals surface area contributed by atoms with Crippen molar-refractivity contribution < 1.29 is 13.9 Å². The zero-order chi connectivity index (χ0) is 11.1. The number of hydrogen-bond acceptors (Lipinski definition) is 4. The Morgan fingerprint density at radius 1 is 1.53 bits per heavy atom. The smallest absolute Gasteiger partial charge is 0.246 e. The van der Waals surface area contributed by atoms with Crippen LogP contribution in [0.1, 0.15) is 24.4 Å². The summed E-state index contributed by atoms with van der Waals surface area (Å²) < 4.78 is 10.5. The van der Waals surface area contributed by atoms with Gasteiger partial charge in [0.25, 0.3) is 0 Å². The molecule has 1 unspecified atom stereocenters. The summed E-state index contributed by atoms with van der Waals surface area (Å²) >= 11 is 5.12. The molecule has 0 saturated heterocycles. The molecule has 0 spiro atoms. The molecule has 1 aliphatic heterocycles. The van der Waals surface area contributed by atoms with Gasteiger partial charge in [0.1, 0.15) is 0 Å². The van der Waals surface area contributed by atoms with Crippen molar-refractivity contribution in [1.29, 1.82) is 0 Å². The molecule has 1 atom stereocenters. The van der Waals surface area contributed by atoms with Crippen molar-refractivity contribution in [2.24, 2.45) is 0 Å². The van der Waals surface area contributed by atoms with E-state index in [2.05, 4.69) is 0 Å². The molecule has 2 heterocycles. The van der Waals surface area contributed by atoms with E-state index in [4.69, 9.17) is 21.4 Å². The van der Waals surface area contributed by atoms with Crippen LogP contribution in [-0.2, 0) is 4.74 Å². The summed E-state index contributed by atoms with van der Waals surface area (Å²) in [5.74, 6) is 0.677. The third-order valence-electron chi connectivity index (χ3n) is 2.35. The molecule has 0 amide bonds. The average molecular weight is 222 g/mol. The maximum Gasteiger partial charge on any atom is 0.246 e. The molecule has 15 heavy (non-hydrogen) atoms. The normalized spacial score (nSPS) is 24.9. The Balaban J connectivity index is 2.33. The highest BCUT2D eigenvalue weighted by molar-refractivity contribution is 7.81. The third-order valence-corrected chi connectivity index (χ3v) is 2.86. The monoisotopic (exact) mass is 222 g/mol. The minimum Gasteiger partial charge on any atom is -0.478 e. The number of carbonyl (C=O) groups excluding carboxylic acids is 1. The molecule has 0 radical (unpaired) electrons. The van der Waals surface area contributed by atoms with E-state index in [-0.39, 0.29) is 11.5 Å². The van der Waals surface area contributed by atoms with Crippen LogP contribution in [0.3, 0.4) is 0 Å². The molecule has 0 N–H and O–H groups in total. The molecule has 1 aromatic rings. The first-order chi connectivity index (χ1) is 7.04. The lowest BCUT2D eigenvalue weighted by Gasteiger charge is -2.22. The van der Waals surface area contributed by atoms with Crippen LogP contribution in [0.15, 0.2) is 34.6 Å². The molecule has 1 aliphatic rings. The van der Waals surface area contributed by atoms with Crippen LogP contribution < -0.4 is 0 Å². The summed E-state index contributed by atoms with van der Waals surface area (Å²) in [5.41, 5.74) is -1.09. The van der Waals surface area contributed by atoms with E-state index in [0.717, 1.165) is 0 Å². The van der Waals surface area contributed by atoms with Gasteiger partial charge in [-0.1, -0.05) is 12.2 Å². The van der Waals surface area contributed by atoms with Gasteiger partial charge in [-0.2, -0.15) is 0 Å². The Morgan fingerprint density at radius 2 is 2.27 bits per heavy atom. The Hall–Kier alpha value is -1.42. The van der Waals surface area contributed by atoms with E-state index in [1.54, 1.807) is 32.1 Å². The molecular formula is C11H10O3S. The first-order valence-corrected chi connectivity index (χ1v) is 4.95. The van der Waals surface area contributed by atoms with E-state index < -0.39 is 5.60 Å². The summed E-state index contributed by atoms with van der Waals surface area (Å²) in [6.45, 7) is 3.43. The van der Waals surface area contributed by atoms with Gasteiger partial charge in [-0.15, -0.1) is 0 Å². The highest BCUT2D eigenvalue weighted by Crippen LogP contribution is 2.29. The lowest BCUT2D eigenvalue weighted by molar-refractivity contribution is 0.0537. The summed E-state index contributed by atoms with van der Waals surface area (Å²) in [7, 11) is 0. The fraction of sp³-hybridized carbons (Fsp3) is 0.273.